The van der Waals surface area contributed by atoms with Gasteiger partial charge in [0.25, 0.3) is 0 Å². The monoisotopic (exact) mass is 320 g/mol. The van der Waals surface area contributed by atoms with E-state index in [-0.39, 0.29) is 0 Å². The summed E-state index contributed by atoms with van der Waals surface area (Å²) >= 11 is 24.1. The van der Waals surface area contributed by atoms with Crippen LogP contribution in [0.25, 0.3) is 10.8 Å². The molecule has 0 heterocycles. The van der Waals surface area contributed by atoms with Gasteiger partial charge in [0.05, 0.1) is 0 Å². The van der Waals surface area contributed by atoms with Crippen LogP contribution in [-0.4, -0.2) is 0 Å². The number of rotatable bonds is 4. The van der Waals surface area contributed by atoms with Gasteiger partial charge in [-0.1, -0.05) is 24.3 Å². The van der Waals surface area contributed by atoms with E-state index in [1.54, 1.807) is 0 Å². The molecular formula is C14H12Cl4. The third-order valence-electron chi connectivity index (χ3n) is 3.08. The molecule has 0 saturated carbocycles. The van der Waals surface area contributed by atoms with E-state index in [1.807, 2.05) is 24.3 Å². The van der Waals surface area contributed by atoms with Gasteiger partial charge >= 0.3 is 0 Å². The fourth-order valence-electron chi connectivity index (χ4n) is 2.24. The molecule has 96 valence electrons. The lowest BCUT2D eigenvalue weighted by Gasteiger charge is -2.14. The first-order valence-corrected chi connectivity index (χ1v) is 7.69. The van der Waals surface area contributed by atoms with Crippen molar-refractivity contribution in [3.8, 4) is 0 Å². The molecule has 0 aliphatic carbocycles. The van der Waals surface area contributed by atoms with Crippen LogP contribution in [0.15, 0.2) is 24.3 Å². The maximum atomic E-state index is 6.02. The van der Waals surface area contributed by atoms with Crippen molar-refractivity contribution in [1.82, 2.24) is 0 Å². The van der Waals surface area contributed by atoms with E-state index in [1.165, 1.54) is 0 Å². The summed E-state index contributed by atoms with van der Waals surface area (Å²) in [6.07, 6.45) is 0. The van der Waals surface area contributed by atoms with E-state index in [2.05, 4.69) is 0 Å². The largest absolute Gasteiger partial charge is 0.122 e. The molecule has 0 aliphatic heterocycles. The second kappa shape index (κ2) is 6.34. The summed E-state index contributed by atoms with van der Waals surface area (Å²) in [5.74, 6) is 1.81. The van der Waals surface area contributed by atoms with Crippen LogP contribution in [0.5, 0.6) is 0 Å². The van der Waals surface area contributed by atoms with Crippen molar-refractivity contribution in [2.45, 2.75) is 23.5 Å². The van der Waals surface area contributed by atoms with E-state index in [0.717, 1.165) is 33.0 Å². The third kappa shape index (κ3) is 2.44. The number of hydrogen-bond donors (Lipinski definition) is 0. The number of alkyl halides is 4. The Labute approximate surface area is 127 Å². The first kappa shape index (κ1) is 14.3. The Morgan fingerprint density at radius 3 is 0.889 bits per heavy atom. The van der Waals surface area contributed by atoms with Crippen LogP contribution in [0.2, 0.25) is 0 Å². The molecule has 0 radical (unpaired) electrons. The van der Waals surface area contributed by atoms with Crippen LogP contribution in [0.4, 0.5) is 0 Å². The summed E-state index contributed by atoms with van der Waals surface area (Å²) in [6.45, 7) is 0. The van der Waals surface area contributed by atoms with Gasteiger partial charge < -0.3 is 0 Å². The Morgan fingerprint density at radius 2 is 0.722 bits per heavy atom. The zero-order valence-corrected chi connectivity index (χ0v) is 12.7. The van der Waals surface area contributed by atoms with Gasteiger partial charge in [-0.25, -0.2) is 0 Å². The lowest BCUT2D eigenvalue weighted by atomic mass is 9.94. The highest BCUT2D eigenvalue weighted by molar-refractivity contribution is 6.22. The highest BCUT2D eigenvalue weighted by Crippen LogP contribution is 2.33. The average molecular weight is 322 g/mol. The Hall–Kier alpha value is -0.140. The molecule has 0 amide bonds. The van der Waals surface area contributed by atoms with Crippen molar-refractivity contribution in [1.29, 1.82) is 0 Å². The normalized spacial score (nSPS) is 11.1. The molecule has 0 N–H and O–H groups in total. The summed E-state index contributed by atoms with van der Waals surface area (Å²) in [6, 6.07) is 8.06. The lowest BCUT2D eigenvalue weighted by molar-refractivity contribution is 1.31. The van der Waals surface area contributed by atoms with Crippen molar-refractivity contribution in [2.24, 2.45) is 0 Å². The molecule has 0 spiro atoms. The van der Waals surface area contributed by atoms with Crippen LogP contribution in [0, 0.1) is 0 Å². The zero-order valence-electron chi connectivity index (χ0n) is 9.65. The van der Waals surface area contributed by atoms with Gasteiger partial charge in [0.1, 0.15) is 0 Å². The predicted molar refractivity (Wildman–Crippen MR) is 82.2 cm³/mol. The number of halogens is 4. The molecule has 2 rings (SSSR count). The molecule has 2 aromatic carbocycles. The molecule has 2 aromatic rings. The predicted octanol–water partition coefficient (Wildman–Crippen LogP) is 5.80. The fraction of sp³-hybridized carbons (Fsp3) is 0.286. The van der Waals surface area contributed by atoms with Crippen LogP contribution in [0.3, 0.4) is 0 Å². The molecule has 18 heavy (non-hydrogen) atoms. The van der Waals surface area contributed by atoms with E-state index in [4.69, 9.17) is 46.4 Å². The number of benzene rings is 2. The standard InChI is InChI=1S/C14H12Cl4/c15-5-9-1-2-10(6-16)14-12(8-18)4-3-11(7-17)13(9)14/h1-4H,5-8H2. The molecule has 0 aliphatic rings. The summed E-state index contributed by atoms with van der Waals surface area (Å²) in [4.78, 5) is 0. The molecule has 4 heteroatoms. The average Bonchev–Trinajstić information content (AvgIpc) is 2.44. The van der Waals surface area contributed by atoms with Crippen molar-refractivity contribution in [3.63, 3.8) is 0 Å². The molecular weight excluding hydrogens is 310 g/mol. The zero-order chi connectivity index (χ0) is 13.1. The highest BCUT2D eigenvalue weighted by Gasteiger charge is 2.12. The van der Waals surface area contributed by atoms with Crippen LogP contribution < -0.4 is 0 Å². The minimum absolute atomic E-state index is 0.453. The van der Waals surface area contributed by atoms with Gasteiger partial charge in [0.15, 0.2) is 0 Å². The second-order valence-corrected chi connectivity index (χ2v) is 5.12. The summed E-state index contributed by atoms with van der Waals surface area (Å²) < 4.78 is 0. The lowest BCUT2D eigenvalue weighted by Crippen LogP contribution is -1.96. The number of hydrogen-bond acceptors (Lipinski definition) is 0. The van der Waals surface area contributed by atoms with Crippen LogP contribution >= 0.6 is 46.4 Å². The van der Waals surface area contributed by atoms with Crippen molar-refractivity contribution in [3.05, 3.63) is 46.5 Å². The van der Waals surface area contributed by atoms with Crippen LogP contribution in [0.1, 0.15) is 22.3 Å². The molecule has 0 unspecified atom stereocenters. The van der Waals surface area contributed by atoms with Crippen molar-refractivity contribution in [2.75, 3.05) is 0 Å². The second-order valence-electron chi connectivity index (χ2n) is 4.05. The topological polar surface area (TPSA) is 0 Å². The Balaban J connectivity index is 2.92. The molecule has 0 atom stereocenters. The summed E-state index contributed by atoms with van der Waals surface area (Å²) in [7, 11) is 0. The SMILES string of the molecule is ClCc1ccc(CCl)c2c(CCl)ccc(CCl)c12. The molecule has 0 fully saturated rings. The highest BCUT2D eigenvalue weighted by atomic mass is 35.5. The molecule has 0 bridgehead atoms. The Bertz CT molecular complexity index is 466. The van der Waals surface area contributed by atoms with Gasteiger partial charge in [-0.2, -0.15) is 0 Å². The first-order chi connectivity index (χ1) is 8.76. The first-order valence-electron chi connectivity index (χ1n) is 5.55. The van der Waals surface area contributed by atoms with Crippen molar-refractivity contribution >= 4 is 57.2 Å². The third-order valence-corrected chi connectivity index (χ3v) is 4.23. The molecule has 0 nitrogen and oxygen atoms in total. The van der Waals surface area contributed by atoms with Gasteiger partial charge in [0, 0.05) is 23.5 Å². The van der Waals surface area contributed by atoms with Gasteiger partial charge in [-0.15, -0.1) is 46.4 Å². The summed E-state index contributed by atoms with van der Waals surface area (Å²) in [5.41, 5.74) is 4.29. The maximum absolute atomic E-state index is 6.02. The summed E-state index contributed by atoms with van der Waals surface area (Å²) in [5, 5.41) is 2.22. The minimum Gasteiger partial charge on any atom is -0.122 e. The van der Waals surface area contributed by atoms with E-state index in [0.29, 0.717) is 23.5 Å². The number of fused-ring (bicyclic) bond motifs is 1. The fourth-order valence-corrected chi connectivity index (χ4v) is 3.13. The molecule has 0 saturated heterocycles. The Morgan fingerprint density at radius 1 is 0.500 bits per heavy atom. The molecule has 0 aromatic heterocycles. The van der Waals surface area contributed by atoms with E-state index < -0.39 is 0 Å². The minimum atomic E-state index is 0.453. The van der Waals surface area contributed by atoms with Crippen molar-refractivity contribution < 1.29 is 0 Å². The smallest absolute Gasteiger partial charge is 0.0480 e. The van der Waals surface area contributed by atoms with Crippen LogP contribution in [-0.2, 0) is 23.5 Å². The van der Waals surface area contributed by atoms with E-state index in [9.17, 15) is 0 Å². The van der Waals surface area contributed by atoms with E-state index >= 15 is 0 Å². The van der Waals surface area contributed by atoms with Gasteiger partial charge in [0.2, 0.25) is 0 Å². The van der Waals surface area contributed by atoms with Gasteiger partial charge in [-0.3, -0.25) is 0 Å². The maximum Gasteiger partial charge on any atom is 0.0480 e. The van der Waals surface area contributed by atoms with Gasteiger partial charge in [-0.05, 0) is 33.0 Å². The Kier molecular flexibility index (Phi) is 5.03. The quantitative estimate of drug-likeness (QED) is 0.625.